The molecule has 0 saturated heterocycles. The molecule has 0 aromatic heterocycles. The number of amides is 2. The van der Waals surface area contributed by atoms with Gasteiger partial charge in [-0.3, -0.25) is 0 Å². The Morgan fingerprint density at radius 2 is 1.81 bits per heavy atom. The van der Waals surface area contributed by atoms with Crippen molar-refractivity contribution in [2.24, 2.45) is 0 Å². The molecule has 4 nitrogen and oxygen atoms in total. The zero-order valence-electron chi connectivity index (χ0n) is 13.8. The highest BCUT2D eigenvalue weighted by Crippen LogP contribution is 2.29. The van der Waals surface area contributed by atoms with E-state index in [0.29, 0.717) is 6.42 Å². The van der Waals surface area contributed by atoms with Crippen LogP contribution < -0.4 is 10.6 Å². The number of urea groups is 1. The summed E-state index contributed by atoms with van der Waals surface area (Å²) in [4.78, 5) is 12.2. The maximum atomic E-state index is 12.2. The fraction of sp³-hybridized carbons (Fsp3) is 0.588. The molecule has 2 amide bonds. The number of benzene rings is 1. The number of anilines is 1. The first-order valence-corrected chi connectivity index (χ1v) is 7.51. The van der Waals surface area contributed by atoms with Gasteiger partial charge in [-0.15, -0.1) is 0 Å². The Bertz CT molecular complexity index is 480. The van der Waals surface area contributed by atoms with Gasteiger partial charge >= 0.3 is 6.03 Å². The zero-order valence-corrected chi connectivity index (χ0v) is 13.8. The number of aliphatic hydroxyl groups is 1. The third kappa shape index (κ3) is 5.05. The number of hydrogen-bond donors (Lipinski definition) is 3. The lowest BCUT2D eigenvalue weighted by molar-refractivity contribution is 0.208. The van der Waals surface area contributed by atoms with E-state index in [4.69, 9.17) is 5.11 Å². The molecule has 118 valence electrons. The van der Waals surface area contributed by atoms with Gasteiger partial charge in [0.05, 0.1) is 0 Å². The number of aliphatic hydroxyl groups excluding tert-OH is 1. The van der Waals surface area contributed by atoms with Crippen LogP contribution in [-0.2, 0) is 5.41 Å². The molecule has 0 heterocycles. The maximum Gasteiger partial charge on any atom is 0.319 e. The first-order valence-electron chi connectivity index (χ1n) is 7.51. The van der Waals surface area contributed by atoms with Gasteiger partial charge in [0, 0.05) is 17.8 Å². The van der Waals surface area contributed by atoms with Gasteiger partial charge in [0.15, 0.2) is 0 Å². The van der Waals surface area contributed by atoms with Crippen molar-refractivity contribution in [1.82, 2.24) is 5.32 Å². The summed E-state index contributed by atoms with van der Waals surface area (Å²) in [5, 5.41) is 15.0. The Kier molecular flexibility index (Phi) is 5.78. The second-order valence-electron chi connectivity index (χ2n) is 6.76. The lowest BCUT2D eigenvalue weighted by atomic mass is 9.86. The highest BCUT2D eigenvalue weighted by Gasteiger charge is 2.25. The molecule has 3 N–H and O–H groups in total. The van der Waals surface area contributed by atoms with Gasteiger partial charge in [-0.05, 0) is 36.8 Å². The van der Waals surface area contributed by atoms with Crippen LogP contribution in [0, 0.1) is 0 Å². The number of carbonyl (C=O) groups is 1. The molecule has 0 bridgehead atoms. The van der Waals surface area contributed by atoms with E-state index >= 15 is 0 Å². The predicted octanol–water partition coefficient (Wildman–Crippen LogP) is 3.66. The number of hydrogen-bond acceptors (Lipinski definition) is 2. The van der Waals surface area contributed by atoms with Gasteiger partial charge in [-0.25, -0.2) is 4.79 Å². The Labute approximate surface area is 128 Å². The Balaban J connectivity index is 2.85. The van der Waals surface area contributed by atoms with Crippen LogP contribution in [0.1, 0.15) is 53.0 Å². The van der Waals surface area contributed by atoms with Crippen LogP contribution in [0.15, 0.2) is 24.3 Å². The van der Waals surface area contributed by atoms with Gasteiger partial charge in [-0.2, -0.15) is 0 Å². The Morgan fingerprint density at radius 3 is 2.33 bits per heavy atom. The van der Waals surface area contributed by atoms with Crippen molar-refractivity contribution in [3.63, 3.8) is 0 Å². The van der Waals surface area contributed by atoms with Crippen LogP contribution in [0.25, 0.3) is 0 Å². The molecule has 0 aliphatic heterocycles. The number of carbonyl (C=O) groups excluding carboxylic acids is 1. The SMILES string of the molecule is CCC(C)(CCO)NC(=O)Nc1ccccc1C(C)(C)C. The lowest BCUT2D eigenvalue weighted by Crippen LogP contribution is -2.48. The molecular weight excluding hydrogens is 264 g/mol. The van der Waals surface area contributed by atoms with E-state index in [1.54, 1.807) is 0 Å². The third-order valence-electron chi connectivity index (χ3n) is 3.84. The molecule has 1 aromatic carbocycles. The van der Waals surface area contributed by atoms with Crippen molar-refractivity contribution in [3.05, 3.63) is 29.8 Å². The summed E-state index contributed by atoms with van der Waals surface area (Å²) in [6.07, 6.45) is 1.31. The van der Waals surface area contributed by atoms with Crippen molar-refractivity contribution >= 4 is 11.7 Å². The van der Waals surface area contributed by atoms with Gasteiger partial charge < -0.3 is 15.7 Å². The van der Waals surface area contributed by atoms with Gasteiger partial charge in [-0.1, -0.05) is 45.9 Å². The fourth-order valence-corrected chi connectivity index (χ4v) is 2.25. The van der Waals surface area contributed by atoms with Crippen molar-refractivity contribution in [1.29, 1.82) is 0 Å². The fourth-order valence-electron chi connectivity index (χ4n) is 2.25. The van der Waals surface area contributed by atoms with Crippen LogP contribution in [0.5, 0.6) is 0 Å². The molecule has 0 spiro atoms. The highest BCUT2D eigenvalue weighted by atomic mass is 16.3. The maximum absolute atomic E-state index is 12.2. The van der Waals surface area contributed by atoms with E-state index in [0.717, 1.165) is 17.7 Å². The molecule has 1 aromatic rings. The van der Waals surface area contributed by atoms with Crippen LogP contribution in [0.2, 0.25) is 0 Å². The molecule has 0 saturated carbocycles. The average molecular weight is 292 g/mol. The molecule has 0 aliphatic rings. The standard InChI is InChI=1S/C17H28N2O2/c1-6-17(5,11-12-20)19-15(21)18-14-10-8-7-9-13(14)16(2,3)4/h7-10,20H,6,11-12H2,1-5H3,(H2,18,19,21). The van der Waals surface area contributed by atoms with Crippen molar-refractivity contribution in [2.75, 3.05) is 11.9 Å². The summed E-state index contributed by atoms with van der Waals surface area (Å²) < 4.78 is 0. The largest absolute Gasteiger partial charge is 0.396 e. The van der Waals surface area contributed by atoms with Crippen LogP contribution in [0.3, 0.4) is 0 Å². The first-order chi connectivity index (χ1) is 9.72. The second kappa shape index (κ2) is 6.94. The molecule has 1 atom stereocenters. The minimum Gasteiger partial charge on any atom is -0.396 e. The molecule has 1 rings (SSSR count). The second-order valence-corrected chi connectivity index (χ2v) is 6.76. The smallest absolute Gasteiger partial charge is 0.319 e. The van der Waals surface area contributed by atoms with Crippen molar-refractivity contribution in [2.45, 2.75) is 58.4 Å². The molecule has 0 radical (unpaired) electrons. The Hall–Kier alpha value is -1.55. The summed E-state index contributed by atoms with van der Waals surface area (Å²) in [7, 11) is 0. The summed E-state index contributed by atoms with van der Waals surface area (Å²) in [6.45, 7) is 10.4. The molecule has 4 heteroatoms. The summed E-state index contributed by atoms with van der Waals surface area (Å²) in [5.41, 5.74) is 1.49. The monoisotopic (exact) mass is 292 g/mol. The predicted molar refractivity (Wildman–Crippen MR) is 87.7 cm³/mol. The van der Waals surface area contributed by atoms with Gasteiger partial charge in [0.1, 0.15) is 0 Å². The van der Waals surface area contributed by atoms with E-state index in [2.05, 4.69) is 31.4 Å². The number of para-hydroxylation sites is 1. The van der Waals surface area contributed by atoms with Crippen LogP contribution in [-0.4, -0.2) is 23.3 Å². The zero-order chi connectivity index (χ0) is 16.1. The van der Waals surface area contributed by atoms with Crippen LogP contribution in [0.4, 0.5) is 10.5 Å². The topological polar surface area (TPSA) is 61.4 Å². The third-order valence-corrected chi connectivity index (χ3v) is 3.84. The first kappa shape index (κ1) is 17.5. The molecule has 0 fully saturated rings. The van der Waals surface area contributed by atoms with Crippen molar-refractivity contribution < 1.29 is 9.90 Å². The van der Waals surface area contributed by atoms with E-state index in [-0.39, 0.29) is 18.1 Å². The van der Waals surface area contributed by atoms with Crippen LogP contribution >= 0.6 is 0 Å². The molecular formula is C17H28N2O2. The molecule has 1 unspecified atom stereocenters. The quantitative estimate of drug-likeness (QED) is 0.775. The minimum absolute atomic E-state index is 0.0387. The van der Waals surface area contributed by atoms with E-state index in [9.17, 15) is 4.79 Å². The Morgan fingerprint density at radius 1 is 1.19 bits per heavy atom. The van der Waals surface area contributed by atoms with Crippen molar-refractivity contribution in [3.8, 4) is 0 Å². The van der Waals surface area contributed by atoms with E-state index < -0.39 is 5.54 Å². The summed E-state index contributed by atoms with van der Waals surface area (Å²) in [5.74, 6) is 0. The average Bonchev–Trinajstić information content (AvgIpc) is 2.38. The summed E-state index contributed by atoms with van der Waals surface area (Å²) in [6, 6.07) is 7.60. The van der Waals surface area contributed by atoms with E-state index in [1.807, 2.05) is 38.1 Å². The van der Waals surface area contributed by atoms with Gasteiger partial charge in [0.25, 0.3) is 0 Å². The molecule has 0 aliphatic carbocycles. The highest BCUT2D eigenvalue weighted by molar-refractivity contribution is 5.90. The minimum atomic E-state index is -0.393. The summed E-state index contributed by atoms with van der Waals surface area (Å²) >= 11 is 0. The van der Waals surface area contributed by atoms with E-state index in [1.165, 1.54) is 0 Å². The number of rotatable bonds is 5. The lowest BCUT2D eigenvalue weighted by Gasteiger charge is -2.30. The normalized spacial score (nSPS) is 14.4. The molecule has 21 heavy (non-hydrogen) atoms. The van der Waals surface area contributed by atoms with Gasteiger partial charge in [0.2, 0.25) is 0 Å². The number of nitrogens with one attached hydrogen (secondary N) is 2.